The van der Waals surface area contributed by atoms with E-state index in [0.717, 1.165) is 5.56 Å². The Morgan fingerprint density at radius 3 is 2.36 bits per heavy atom. The molecule has 1 aliphatic rings. The van der Waals surface area contributed by atoms with Gasteiger partial charge in [-0.05, 0) is 48.9 Å². The van der Waals surface area contributed by atoms with Crippen molar-refractivity contribution in [2.75, 3.05) is 13.7 Å². The third kappa shape index (κ3) is 5.38. The molecule has 2 aromatic heterocycles. The molecule has 3 aromatic carbocycles. The summed E-state index contributed by atoms with van der Waals surface area (Å²) in [5.74, 6) is 0.0168. The number of hydrogen-bond donors (Lipinski definition) is 1. The first-order valence-corrected chi connectivity index (χ1v) is 14.6. The van der Waals surface area contributed by atoms with E-state index >= 15 is 0 Å². The molecule has 0 saturated carbocycles. The third-order valence-corrected chi connectivity index (χ3v) is 8.10. The smallest absolute Gasteiger partial charge is 0.338 e. The Morgan fingerprint density at radius 1 is 0.977 bits per heavy atom. The first-order valence-electron chi connectivity index (χ1n) is 13.7. The summed E-state index contributed by atoms with van der Waals surface area (Å²) in [6.45, 7) is 1.89. The zero-order valence-corrected chi connectivity index (χ0v) is 24.5. The van der Waals surface area contributed by atoms with Crippen LogP contribution >= 0.6 is 11.3 Å². The molecule has 44 heavy (non-hydrogen) atoms. The fourth-order valence-electron chi connectivity index (χ4n) is 5.03. The maximum Gasteiger partial charge on any atom is 0.338 e. The number of methoxy groups -OCH3 is 1. The molecule has 1 aliphatic heterocycles. The number of fused-ring (bicyclic) bond motifs is 1. The van der Waals surface area contributed by atoms with Crippen LogP contribution in [0.1, 0.15) is 40.2 Å². The van der Waals surface area contributed by atoms with Crippen molar-refractivity contribution in [2.45, 2.75) is 13.0 Å². The third-order valence-electron chi connectivity index (χ3n) is 7.12. The van der Waals surface area contributed by atoms with E-state index in [1.54, 1.807) is 56.5 Å². The lowest BCUT2D eigenvalue weighted by atomic mass is 9.93. The summed E-state index contributed by atoms with van der Waals surface area (Å²) >= 11 is 1.19. The van der Waals surface area contributed by atoms with Crippen LogP contribution in [0.25, 0.3) is 23.1 Å². The predicted octanol–water partition coefficient (Wildman–Crippen LogP) is 4.90. The molecule has 9 nitrogen and oxygen atoms in total. The molecule has 6 rings (SSSR count). The molecule has 0 saturated heterocycles. The Kier molecular flexibility index (Phi) is 7.82. The second-order valence-corrected chi connectivity index (χ2v) is 10.8. The number of hydrogen-bond acceptors (Lipinski definition) is 8. The van der Waals surface area contributed by atoms with Crippen LogP contribution in [-0.4, -0.2) is 35.3 Å². The molecule has 10 heteroatoms. The molecule has 0 radical (unpaired) electrons. The summed E-state index contributed by atoms with van der Waals surface area (Å²) in [5, 5.41) is 9.18. The molecule has 0 bridgehead atoms. The van der Waals surface area contributed by atoms with Crippen LogP contribution in [0.15, 0.2) is 111 Å². The van der Waals surface area contributed by atoms with E-state index in [4.69, 9.17) is 18.9 Å². The van der Waals surface area contributed by atoms with Crippen molar-refractivity contribution in [2.24, 2.45) is 4.99 Å². The number of esters is 1. The predicted molar refractivity (Wildman–Crippen MR) is 165 cm³/mol. The summed E-state index contributed by atoms with van der Waals surface area (Å²) < 4.78 is 18.7. The topological polar surface area (TPSA) is 120 Å². The molecule has 0 aliphatic carbocycles. The number of ether oxygens (including phenoxy) is 2. The quantitative estimate of drug-likeness (QED) is 0.250. The van der Waals surface area contributed by atoms with Gasteiger partial charge in [-0.3, -0.25) is 9.36 Å². The fourth-order valence-corrected chi connectivity index (χ4v) is 6.01. The van der Waals surface area contributed by atoms with Crippen LogP contribution in [-0.2, 0) is 9.53 Å². The molecule has 5 aromatic rings. The Bertz CT molecular complexity index is 2070. The van der Waals surface area contributed by atoms with Gasteiger partial charge >= 0.3 is 11.9 Å². The van der Waals surface area contributed by atoms with E-state index in [1.165, 1.54) is 28.0 Å². The van der Waals surface area contributed by atoms with Gasteiger partial charge in [-0.2, -0.15) is 0 Å². The van der Waals surface area contributed by atoms with Crippen molar-refractivity contribution in [3.8, 4) is 17.1 Å². The molecule has 0 fully saturated rings. The molecule has 0 spiro atoms. The molecular formula is C34H26N2O7S. The lowest BCUT2D eigenvalue weighted by Gasteiger charge is -2.26. The number of carbonyl (C=O) groups excluding carboxylic acids is 1. The number of nitrogens with zero attached hydrogens (tertiary/aromatic N) is 2. The van der Waals surface area contributed by atoms with Crippen molar-refractivity contribution in [3.63, 3.8) is 0 Å². The van der Waals surface area contributed by atoms with E-state index in [0.29, 0.717) is 43.4 Å². The average molecular weight is 607 g/mol. The highest BCUT2D eigenvalue weighted by Crippen LogP contribution is 2.35. The molecule has 220 valence electrons. The second kappa shape index (κ2) is 12.0. The molecule has 1 N–H and O–H groups in total. The zero-order valence-electron chi connectivity index (χ0n) is 23.7. The van der Waals surface area contributed by atoms with Crippen LogP contribution in [0.2, 0.25) is 0 Å². The van der Waals surface area contributed by atoms with Gasteiger partial charge in [0.25, 0.3) is 5.56 Å². The normalized spacial score (nSPS) is 14.6. The van der Waals surface area contributed by atoms with Gasteiger partial charge in [0.1, 0.15) is 17.3 Å². The first kappa shape index (κ1) is 28.6. The van der Waals surface area contributed by atoms with Gasteiger partial charge in [0.15, 0.2) is 4.80 Å². The summed E-state index contributed by atoms with van der Waals surface area (Å²) in [6, 6.07) is 25.6. The number of aromatic nitrogens is 1. The highest BCUT2D eigenvalue weighted by Gasteiger charge is 2.35. The van der Waals surface area contributed by atoms with E-state index in [-0.39, 0.29) is 23.3 Å². The van der Waals surface area contributed by atoms with Gasteiger partial charge in [0.2, 0.25) is 0 Å². The van der Waals surface area contributed by atoms with Crippen molar-refractivity contribution in [1.29, 1.82) is 0 Å². The van der Waals surface area contributed by atoms with Gasteiger partial charge in [0, 0.05) is 17.2 Å². The minimum absolute atomic E-state index is 0.157. The van der Waals surface area contributed by atoms with Gasteiger partial charge in [0.05, 0.1) is 41.1 Å². The Balaban J connectivity index is 1.52. The zero-order chi connectivity index (χ0) is 30.8. The van der Waals surface area contributed by atoms with Gasteiger partial charge < -0.3 is 19.0 Å². The van der Waals surface area contributed by atoms with Crippen LogP contribution < -0.4 is 19.6 Å². The first-order chi connectivity index (χ1) is 21.4. The molecular weight excluding hydrogens is 580 g/mol. The summed E-state index contributed by atoms with van der Waals surface area (Å²) in [6.07, 6.45) is 1.64. The number of carbonyl (C=O) groups is 2. The van der Waals surface area contributed by atoms with Crippen molar-refractivity contribution < 1.29 is 28.6 Å². The highest BCUT2D eigenvalue weighted by atomic mass is 32.1. The summed E-state index contributed by atoms with van der Waals surface area (Å²) in [5.41, 5.74) is 2.63. The lowest BCUT2D eigenvalue weighted by molar-refractivity contribution is -0.138. The number of rotatable bonds is 8. The average Bonchev–Trinajstić information content (AvgIpc) is 3.65. The maximum atomic E-state index is 14.1. The number of carboxylic acids is 1. The number of thiazole rings is 1. The minimum Gasteiger partial charge on any atom is -0.497 e. The van der Waals surface area contributed by atoms with E-state index in [9.17, 15) is 19.5 Å². The number of furan rings is 1. The van der Waals surface area contributed by atoms with Gasteiger partial charge in [-0.1, -0.05) is 65.9 Å². The van der Waals surface area contributed by atoms with Crippen molar-refractivity contribution in [1.82, 2.24) is 4.57 Å². The second-order valence-electron chi connectivity index (χ2n) is 9.79. The summed E-state index contributed by atoms with van der Waals surface area (Å²) in [4.78, 5) is 44.1. The van der Waals surface area contributed by atoms with Gasteiger partial charge in [-0.25, -0.2) is 14.6 Å². The molecule has 0 amide bonds. The molecule has 3 heterocycles. The van der Waals surface area contributed by atoms with Crippen LogP contribution in [0.3, 0.4) is 0 Å². The number of benzene rings is 3. The van der Waals surface area contributed by atoms with E-state index in [2.05, 4.69) is 0 Å². The fraction of sp³-hybridized carbons (Fsp3) is 0.118. The van der Waals surface area contributed by atoms with Crippen LogP contribution in [0.4, 0.5) is 0 Å². The van der Waals surface area contributed by atoms with Crippen LogP contribution in [0.5, 0.6) is 5.75 Å². The van der Waals surface area contributed by atoms with Crippen molar-refractivity contribution >= 4 is 35.0 Å². The molecule has 0 unspecified atom stereocenters. The lowest BCUT2D eigenvalue weighted by Crippen LogP contribution is -2.40. The minimum atomic E-state index is -1.01. The SMILES string of the molecule is CCOC(=O)C1=C(c2ccccc2)N=c2s/c(=C\c3ccc(-c4ccc(C(=O)O)cc4)o3)c(=O)n2[C@@H]1c1ccc(OC)cc1. The standard InChI is InChI=1S/C34H26N2O7S/c1-3-42-33(40)28-29(21-7-5-4-6-8-21)35-34-36(30(28)22-13-15-24(41-2)16-14-22)31(37)27(44-34)19-25-17-18-26(43-25)20-9-11-23(12-10-20)32(38)39/h4-19,30H,3H2,1-2H3,(H,38,39)/b27-19-/t30-/m1/s1. The van der Waals surface area contributed by atoms with Crippen molar-refractivity contribution in [3.05, 3.63) is 139 Å². The summed E-state index contributed by atoms with van der Waals surface area (Å²) in [7, 11) is 1.57. The monoisotopic (exact) mass is 606 g/mol. The Morgan fingerprint density at radius 2 is 1.70 bits per heavy atom. The van der Waals surface area contributed by atoms with Crippen LogP contribution in [0, 0.1) is 0 Å². The Hall–Kier alpha value is -5.48. The van der Waals surface area contributed by atoms with E-state index < -0.39 is 18.0 Å². The largest absolute Gasteiger partial charge is 0.497 e. The van der Waals surface area contributed by atoms with Gasteiger partial charge in [-0.15, -0.1) is 0 Å². The molecule has 1 atom stereocenters. The maximum absolute atomic E-state index is 14.1. The Labute approximate surface area is 255 Å². The van der Waals surface area contributed by atoms with E-state index in [1.807, 2.05) is 42.5 Å². The number of carboxylic acid groups (broad SMARTS) is 1. The number of aromatic carboxylic acids is 1. The highest BCUT2D eigenvalue weighted by molar-refractivity contribution is 7.07.